The van der Waals surface area contributed by atoms with Crippen LogP contribution in [0.25, 0.3) is 0 Å². The summed E-state index contributed by atoms with van der Waals surface area (Å²) in [5, 5.41) is 0. The van der Waals surface area contributed by atoms with Gasteiger partial charge in [0.15, 0.2) is 0 Å². The van der Waals surface area contributed by atoms with Crippen LogP contribution in [-0.4, -0.2) is 28.2 Å². The minimum absolute atomic E-state index is 0.456. The first-order valence-electron chi connectivity index (χ1n) is 5.46. The summed E-state index contributed by atoms with van der Waals surface area (Å²) in [6, 6.07) is 0. The Morgan fingerprint density at radius 1 is 1.43 bits per heavy atom. The number of hydrogen-bond acceptors (Lipinski definition) is 1. The van der Waals surface area contributed by atoms with Crippen molar-refractivity contribution in [3.05, 3.63) is 24.3 Å². The molecule has 0 aliphatic heterocycles. The molecule has 14 heavy (non-hydrogen) atoms. The van der Waals surface area contributed by atoms with Gasteiger partial charge in [0, 0.05) is 0 Å². The Morgan fingerprint density at radius 3 is 2.86 bits per heavy atom. The predicted octanol–water partition coefficient (Wildman–Crippen LogP) is 3.75. The molecule has 0 atom stereocenters. The van der Waals surface area contributed by atoms with Gasteiger partial charge in [-0.05, 0) is 0 Å². The van der Waals surface area contributed by atoms with E-state index in [-0.39, 0.29) is 0 Å². The molecule has 0 fully saturated rings. The average molecular weight is 301 g/mol. The van der Waals surface area contributed by atoms with Gasteiger partial charge in [0.1, 0.15) is 0 Å². The van der Waals surface area contributed by atoms with Crippen LogP contribution in [0.15, 0.2) is 24.3 Å². The van der Waals surface area contributed by atoms with Crippen LogP contribution >= 0.6 is 0 Å². The van der Waals surface area contributed by atoms with Gasteiger partial charge >= 0.3 is 99.5 Å². The van der Waals surface area contributed by atoms with Crippen LogP contribution in [0.5, 0.6) is 0 Å². The van der Waals surface area contributed by atoms with Crippen LogP contribution in [-0.2, 0) is 3.07 Å². The molecule has 0 aliphatic rings. The van der Waals surface area contributed by atoms with E-state index in [1.54, 1.807) is 0 Å². The van der Waals surface area contributed by atoms with Crippen LogP contribution in [0.4, 0.5) is 0 Å². The fourth-order valence-electron chi connectivity index (χ4n) is 1.08. The van der Waals surface area contributed by atoms with Crippen molar-refractivity contribution in [2.24, 2.45) is 0 Å². The van der Waals surface area contributed by atoms with E-state index in [2.05, 4.69) is 19.6 Å². The summed E-state index contributed by atoms with van der Waals surface area (Å²) in [4.78, 5) is 0. The standard InChI is InChI=1S/C8H13O.C4H9.Sn/c1-3-5-8(2)6-4-7-9;1-3-4-2;/h3,5H,2,4,6-7H2,1H3;1,3-4H2,2H3;/q-1;;+1/b5-3-;;. The third kappa shape index (κ3) is 10.3. The molecular weight excluding hydrogens is 279 g/mol. The molecule has 0 saturated heterocycles. The summed E-state index contributed by atoms with van der Waals surface area (Å²) in [6.07, 6.45) is 9.01. The number of rotatable bonds is 9. The third-order valence-electron chi connectivity index (χ3n) is 1.88. The van der Waals surface area contributed by atoms with E-state index in [1.807, 2.05) is 13.0 Å². The van der Waals surface area contributed by atoms with Crippen LogP contribution in [0, 0.1) is 0 Å². The zero-order chi connectivity index (χ0) is 10.6. The van der Waals surface area contributed by atoms with E-state index in [1.165, 1.54) is 22.9 Å². The Bertz CT molecular complexity index is 164. The van der Waals surface area contributed by atoms with Gasteiger partial charge in [0.2, 0.25) is 0 Å². The van der Waals surface area contributed by atoms with Crippen molar-refractivity contribution in [1.82, 2.24) is 0 Å². The van der Waals surface area contributed by atoms with E-state index in [0.29, 0.717) is 0 Å². The molecule has 1 nitrogen and oxygen atoms in total. The molecule has 0 aromatic heterocycles. The quantitative estimate of drug-likeness (QED) is 0.358. The first-order valence-corrected chi connectivity index (χ1v) is 8.64. The van der Waals surface area contributed by atoms with Gasteiger partial charge in [-0.3, -0.25) is 0 Å². The van der Waals surface area contributed by atoms with Crippen molar-refractivity contribution in [2.75, 3.05) is 6.61 Å². The van der Waals surface area contributed by atoms with E-state index >= 15 is 0 Å². The molecule has 0 aromatic carbocycles. The monoisotopic (exact) mass is 302 g/mol. The minimum atomic E-state index is -0.456. The fraction of sp³-hybridized carbons (Fsp3) is 0.667. The summed E-state index contributed by atoms with van der Waals surface area (Å²) < 4.78 is 7.04. The second-order valence-electron chi connectivity index (χ2n) is 3.36. The van der Waals surface area contributed by atoms with Gasteiger partial charge in [-0.15, -0.1) is 0 Å². The SMILES string of the molecule is C=C(/C=C\C)CCC[O][Sn][CH2]CCC. The van der Waals surface area contributed by atoms with Crippen molar-refractivity contribution in [3.63, 3.8) is 0 Å². The molecule has 0 aliphatic carbocycles. The molecular formula is C12H22OSn. The molecule has 0 saturated carbocycles. The normalized spacial score (nSPS) is 11.0. The van der Waals surface area contributed by atoms with Gasteiger partial charge in [-0.2, -0.15) is 0 Å². The van der Waals surface area contributed by atoms with Crippen LogP contribution in [0.1, 0.15) is 39.5 Å². The van der Waals surface area contributed by atoms with E-state index < -0.39 is 21.6 Å². The molecule has 0 amide bonds. The van der Waals surface area contributed by atoms with Crippen molar-refractivity contribution in [2.45, 2.75) is 44.0 Å². The summed E-state index contributed by atoms with van der Waals surface area (Å²) in [5.74, 6) is 0. The van der Waals surface area contributed by atoms with Crippen LogP contribution < -0.4 is 0 Å². The molecule has 0 unspecified atom stereocenters. The zero-order valence-corrected chi connectivity index (χ0v) is 12.4. The Kier molecular flexibility index (Phi) is 11.5. The van der Waals surface area contributed by atoms with E-state index in [0.717, 1.165) is 19.4 Å². The maximum atomic E-state index is 5.67. The molecule has 0 rings (SSSR count). The first-order chi connectivity index (χ1) is 6.81. The third-order valence-corrected chi connectivity index (χ3v) is 4.64. The molecule has 0 bridgehead atoms. The second kappa shape index (κ2) is 11.3. The Morgan fingerprint density at radius 2 is 2.21 bits per heavy atom. The van der Waals surface area contributed by atoms with Crippen LogP contribution in [0.3, 0.4) is 0 Å². The van der Waals surface area contributed by atoms with Gasteiger partial charge in [-0.1, -0.05) is 0 Å². The number of allylic oxidation sites excluding steroid dienone is 3. The fourth-order valence-corrected chi connectivity index (χ4v) is 3.74. The zero-order valence-electron chi connectivity index (χ0n) is 9.51. The Hall–Kier alpha value is 0.239. The summed E-state index contributed by atoms with van der Waals surface area (Å²) in [7, 11) is 0. The molecule has 2 radical (unpaired) electrons. The average Bonchev–Trinajstić information content (AvgIpc) is 2.17. The van der Waals surface area contributed by atoms with Crippen molar-refractivity contribution in [1.29, 1.82) is 0 Å². The second-order valence-corrected chi connectivity index (χ2v) is 6.43. The van der Waals surface area contributed by atoms with Gasteiger partial charge < -0.3 is 0 Å². The topological polar surface area (TPSA) is 9.23 Å². The van der Waals surface area contributed by atoms with Gasteiger partial charge in [-0.25, -0.2) is 0 Å². The van der Waals surface area contributed by atoms with E-state index in [4.69, 9.17) is 3.07 Å². The molecule has 0 aromatic rings. The maximum absolute atomic E-state index is 5.67. The molecule has 0 heterocycles. The Balaban J connectivity index is 3.09. The predicted molar refractivity (Wildman–Crippen MR) is 64.6 cm³/mol. The van der Waals surface area contributed by atoms with Gasteiger partial charge in [0.05, 0.1) is 0 Å². The molecule has 2 heteroatoms. The van der Waals surface area contributed by atoms with E-state index in [9.17, 15) is 0 Å². The molecule has 0 N–H and O–H groups in total. The Labute approximate surface area is 99.4 Å². The van der Waals surface area contributed by atoms with Crippen molar-refractivity contribution >= 4 is 21.6 Å². The first kappa shape index (κ1) is 14.2. The molecule has 0 spiro atoms. The summed E-state index contributed by atoms with van der Waals surface area (Å²) in [6.45, 7) is 9.18. The number of hydrogen-bond donors (Lipinski definition) is 0. The van der Waals surface area contributed by atoms with Gasteiger partial charge in [0.25, 0.3) is 0 Å². The summed E-state index contributed by atoms with van der Waals surface area (Å²) >= 11 is -0.456. The summed E-state index contributed by atoms with van der Waals surface area (Å²) in [5.41, 5.74) is 1.22. The molecule has 80 valence electrons. The van der Waals surface area contributed by atoms with Crippen molar-refractivity contribution < 1.29 is 3.07 Å². The van der Waals surface area contributed by atoms with Crippen LogP contribution in [0.2, 0.25) is 4.44 Å². The van der Waals surface area contributed by atoms with Crippen molar-refractivity contribution in [3.8, 4) is 0 Å². The number of unbranched alkanes of at least 4 members (excludes halogenated alkanes) is 1.